The summed E-state index contributed by atoms with van der Waals surface area (Å²) in [5.41, 5.74) is 7.46. The molecule has 0 spiro atoms. The Morgan fingerprint density at radius 2 is 1.62 bits per heavy atom. The van der Waals surface area contributed by atoms with Crippen LogP contribution in [0.15, 0.2) is 103 Å². The topological polar surface area (TPSA) is 91.3 Å². The second-order valence-electron chi connectivity index (χ2n) is 15.2. The number of nitrogens with zero attached hydrogens (tertiary/aromatic N) is 2. The maximum Gasteiger partial charge on any atom is 0.255 e. The number of benzene rings is 4. The maximum atomic E-state index is 13.1. The predicted octanol–water partition coefficient (Wildman–Crippen LogP) is 7.56. The van der Waals surface area contributed by atoms with Crippen LogP contribution >= 0.6 is 0 Å². The second kappa shape index (κ2) is 15.5. The van der Waals surface area contributed by atoms with Crippen molar-refractivity contribution in [1.29, 1.82) is 0 Å². The summed E-state index contributed by atoms with van der Waals surface area (Å²) in [6, 6.07) is 30.5. The van der Waals surface area contributed by atoms with Crippen LogP contribution in [0.4, 0.5) is 0 Å². The molecule has 0 saturated carbocycles. The minimum Gasteiger partial charge on any atom is -0.508 e. The number of amides is 2. The zero-order valence-electron chi connectivity index (χ0n) is 30.3. The molecule has 8 heteroatoms. The normalized spacial score (nSPS) is 22.9. The number of phenols is 1. The van der Waals surface area contributed by atoms with Crippen LogP contribution in [0.25, 0.3) is 0 Å². The Bertz CT molecular complexity index is 1960. The molecule has 2 saturated heterocycles. The molecule has 4 aromatic rings. The fraction of sp³-hybridized carbons (Fsp3) is 0.378. The van der Waals surface area contributed by atoms with Crippen molar-refractivity contribution < 1.29 is 24.2 Å². The average Bonchev–Trinajstić information content (AvgIpc) is 3.50. The molecule has 0 radical (unpaired) electrons. The number of ether oxygens (including phenoxy) is 2. The molecule has 1 aliphatic carbocycles. The van der Waals surface area contributed by atoms with E-state index >= 15 is 0 Å². The number of allylic oxidation sites excluding steroid dienone is 1. The van der Waals surface area contributed by atoms with E-state index < -0.39 is 6.04 Å². The number of carbonyl (C=O) groups is 2. The fourth-order valence-electron chi connectivity index (χ4n) is 9.00. The number of likely N-dealkylation sites (tertiary alicyclic amines) is 1. The van der Waals surface area contributed by atoms with E-state index in [1.165, 1.54) is 35.1 Å². The summed E-state index contributed by atoms with van der Waals surface area (Å²) in [5, 5.41) is 13.0. The number of aromatic hydroxyl groups is 1. The van der Waals surface area contributed by atoms with Crippen LogP contribution in [0.1, 0.15) is 88.5 Å². The van der Waals surface area contributed by atoms with Gasteiger partial charge < -0.3 is 24.8 Å². The number of rotatable bonds is 11. The van der Waals surface area contributed by atoms with Crippen molar-refractivity contribution in [2.24, 2.45) is 5.92 Å². The lowest BCUT2D eigenvalue weighted by molar-refractivity contribution is -0.126. The van der Waals surface area contributed by atoms with Crippen molar-refractivity contribution in [2.75, 3.05) is 32.8 Å². The first-order valence-electron chi connectivity index (χ1n) is 19.3. The zero-order valence-corrected chi connectivity index (χ0v) is 30.3. The number of hydrogen-bond donors (Lipinski definition) is 2. The molecule has 1 unspecified atom stereocenters. The van der Waals surface area contributed by atoms with Crippen molar-refractivity contribution in [3.8, 4) is 17.2 Å². The SMILES string of the molecule is C=C1CC[C@H](N2Cc3cc(OCCC4CCCN(CCOc5ccc([C@@H]6c7ccc(O)cc7CC[C@@H]6c6ccccc6)cc5)C4)ccc3C2=O)C(=O)N1. The highest BCUT2D eigenvalue weighted by molar-refractivity contribution is 6.01. The van der Waals surface area contributed by atoms with Crippen molar-refractivity contribution in [2.45, 2.75) is 69.4 Å². The molecule has 4 atom stereocenters. The molecule has 53 heavy (non-hydrogen) atoms. The first-order valence-corrected chi connectivity index (χ1v) is 19.3. The first kappa shape index (κ1) is 35.0. The summed E-state index contributed by atoms with van der Waals surface area (Å²) >= 11 is 0. The Hall–Kier alpha value is -5.08. The van der Waals surface area contributed by atoms with Crippen molar-refractivity contribution in [3.05, 3.63) is 137 Å². The molecule has 8 rings (SSSR count). The molecule has 2 N–H and O–H groups in total. The monoisotopic (exact) mass is 711 g/mol. The van der Waals surface area contributed by atoms with Gasteiger partial charge in [0.2, 0.25) is 5.91 Å². The van der Waals surface area contributed by atoms with Gasteiger partial charge in [-0.15, -0.1) is 0 Å². The zero-order chi connectivity index (χ0) is 36.3. The lowest BCUT2D eigenvalue weighted by Crippen LogP contribution is -2.49. The summed E-state index contributed by atoms with van der Waals surface area (Å²) in [6.07, 6.45) is 6.63. The largest absolute Gasteiger partial charge is 0.508 e. The Balaban J connectivity index is 0.811. The molecule has 2 fully saturated rings. The van der Waals surface area contributed by atoms with E-state index in [9.17, 15) is 14.7 Å². The van der Waals surface area contributed by atoms with Crippen LogP contribution in [0.5, 0.6) is 17.2 Å². The van der Waals surface area contributed by atoms with Crippen LogP contribution in [0.2, 0.25) is 0 Å². The van der Waals surface area contributed by atoms with Crippen LogP contribution < -0.4 is 14.8 Å². The maximum absolute atomic E-state index is 13.1. The summed E-state index contributed by atoms with van der Waals surface area (Å²) in [5.74, 6) is 2.92. The van der Waals surface area contributed by atoms with E-state index in [1.807, 2.05) is 30.3 Å². The summed E-state index contributed by atoms with van der Waals surface area (Å²) in [6.45, 7) is 8.55. The number of piperidine rings is 2. The van der Waals surface area contributed by atoms with Gasteiger partial charge in [0.25, 0.3) is 5.91 Å². The number of aryl methyl sites for hydroxylation is 1. The molecule has 0 bridgehead atoms. The second-order valence-corrected chi connectivity index (χ2v) is 15.2. The lowest BCUT2D eigenvalue weighted by Gasteiger charge is -2.35. The summed E-state index contributed by atoms with van der Waals surface area (Å²) in [4.78, 5) is 29.8. The third-order valence-electron chi connectivity index (χ3n) is 11.7. The minimum absolute atomic E-state index is 0.0901. The molecule has 8 nitrogen and oxygen atoms in total. The van der Waals surface area contributed by atoms with E-state index in [4.69, 9.17) is 9.47 Å². The van der Waals surface area contributed by atoms with Gasteiger partial charge in [-0.05, 0) is 134 Å². The van der Waals surface area contributed by atoms with Crippen molar-refractivity contribution >= 4 is 11.8 Å². The number of phenolic OH excluding ortho intramolecular Hbond substituents is 1. The Labute approximate surface area is 312 Å². The molecular formula is C45H49N3O5. The molecule has 274 valence electrons. The molecular weight excluding hydrogens is 663 g/mol. The Morgan fingerprint density at radius 3 is 2.45 bits per heavy atom. The van der Waals surface area contributed by atoms with Gasteiger partial charge in [0.1, 0.15) is 29.9 Å². The van der Waals surface area contributed by atoms with Gasteiger partial charge in [-0.25, -0.2) is 0 Å². The fourth-order valence-corrected chi connectivity index (χ4v) is 9.00. The van der Waals surface area contributed by atoms with Gasteiger partial charge in [0, 0.05) is 36.8 Å². The van der Waals surface area contributed by atoms with Crippen molar-refractivity contribution in [1.82, 2.24) is 15.1 Å². The highest BCUT2D eigenvalue weighted by Gasteiger charge is 2.38. The van der Waals surface area contributed by atoms with Gasteiger partial charge in [0.15, 0.2) is 0 Å². The first-order chi connectivity index (χ1) is 25.9. The third-order valence-corrected chi connectivity index (χ3v) is 11.7. The number of hydrogen-bond acceptors (Lipinski definition) is 6. The molecule has 2 amide bonds. The van der Waals surface area contributed by atoms with Gasteiger partial charge in [-0.1, -0.05) is 55.1 Å². The molecule has 0 aromatic heterocycles. The summed E-state index contributed by atoms with van der Waals surface area (Å²) in [7, 11) is 0. The van der Waals surface area contributed by atoms with E-state index in [1.54, 1.807) is 4.90 Å². The smallest absolute Gasteiger partial charge is 0.255 e. The van der Waals surface area contributed by atoms with Crippen LogP contribution in [0.3, 0.4) is 0 Å². The number of carbonyl (C=O) groups excluding carboxylic acids is 2. The standard InChI is InChI=1S/C45H49N3O5/c1-30-9-20-42(44(50)46-30)48-29-35-27-38(16-19-41(35)45(48)51)52-24-21-31-6-5-22-47(28-31)23-25-53-37-14-10-33(11-15-37)43-39(32-7-3-2-4-8-32)17-12-34-26-36(49)13-18-40(34)43/h2-4,7-8,10-11,13-16,18-19,26-27,31,39,42-43,49H,1,5-6,9,12,17,20-25,28-29H2,(H,46,50)/t31?,39-,42+,43+/m1/s1. The Kier molecular flexibility index (Phi) is 10.2. The van der Waals surface area contributed by atoms with Crippen LogP contribution in [-0.2, 0) is 17.8 Å². The van der Waals surface area contributed by atoms with Gasteiger partial charge in [-0.2, -0.15) is 0 Å². The highest BCUT2D eigenvalue weighted by atomic mass is 16.5. The van der Waals surface area contributed by atoms with Gasteiger partial charge >= 0.3 is 0 Å². The van der Waals surface area contributed by atoms with Gasteiger partial charge in [0.05, 0.1) is 6.61 Å². The average molecular weight is 712 g/mol. The number of nitrogens with one attached hydrogen (secondary N) is 1. The van der Waals surface area contributed by atoms with Crippen molar-refractivity contribution in [3.63, 3.8) is 0 Å². The molecule has 3 heterocycles. The minimum atomic E-state index is -0.458. The third kappa shape index (κ3) is 7.70. The van der Waals surface area contributed by atoms with E-state index in [0.717, 1.165) is 56.0 Å². The van der Waals surface area contributed by atoms with E-state index in [2.05, 4.69) is 77.5 Å². The van der Waals surface area contributed by atoms with Crippen LogP contribution in [0, 0.1) is 5.92 Å². The van der Waals surface area contributed by atoms with E-state index in [-0.39, 0.29) is 17.7 Å². The van der Waals surface area contributed by atoms with Gasteiger partial charge in [-0.3, -0.25) is 14.5 Å². The molecule has 4 aromatic carbocycles. The van der Waals surface area contributed by atoms with E-state index in [0.29, 0.717) is 61.4 Å². The lowest BCUT2D eigenvalue weighted by atomic mass is 9.69. The molecule has 4 aliphatic rings. The summed E-state index contributed by atoms with van der Waals surface area (Å²) < 4.78 is 12.5. The Morgan fingerprint density at radius 1 is 0.811 bits per heavy atom. The predicted molar refractivity (Wildman–Crippen MR) is 205 cm³/mol. The van der Waals surface area contributed by atoms with Crippen LogP contribution in [-0.4, -0.2) is 65.6 Å². The highest BCUT2D eigenvalue weighted by Crippen LogP contribution is 2.47. The molecule has 3 aliphatic heterocycles. The quantitative estimate of drug-likeness (QED) is 0.167. The number of fused-ring (bicyclic) bond motifs is 2.